The van der Waals surface area contributed by atoms with E-state index in [0.29, 0.717) is 34.8 Å². The standard InChI is InChI=1S/C21H21BN8O3/c1-29-9-8-15-19(24-11-12-4-2-5-13(10-12)22(32)33)25-21(26-20(15)29)30-16-7-3-6-14(18(23)31)17(16)27-28-30/h2-7,10,32-33H,8-9,11H2,1H3,(H2,23,31)(H,24,25,26). The van der Waals surface area contributed by atoms with Crippen molar-refractivity contribution >= 4 is 41.2 Å². The van der Waals surface area contributed by atoms with E-state index in [0.717, 1.165) is 29.9 Å². The van der Waals surface area contributed by atoms with Crippen LogP contribution in [0.2, 0.25) is 0 Å². The molecule has 0 radical (unpaired) electrons. The first kappa shape index (κ1) is 20.9. The fourth-order valence-electron chi connectivity index (χ4n) is 3.97. The van der Waals surface area contributed by atoms with Gasteiger partial charge in [-0.2, -0.15) is 14.6 Å². The number of nitrogens with one attached hydrogen (secondary N) is 1. The van der Waals surface area contributed by atoms with E-state index in [1.165, 1.54) is 4.68 Å². The molecule has 12 heteroatoms. The summed E-state index contributed by atoms with van der Waals surface area (Å²) in [6, 6.07) is 12.1. The van der Waals surface area contributed by atoms with Gasteiger partial charge in [-0.25, -0.2) is 0 Å². The summed E-state index contributed by atoms with van der Waals surface area (Å²) in [7, 11) is 0.433. The van der Waals surface area contributed by atoms with Crippen LogP contribution < -0.4 is 21.4 Å². The molecule has 5 rings (SSSR count). The van der Waals surface area contributed by atoms with Crippen LogP contribution in [0.4, 0.5) is 11.6 Å². The first-order valence-corrected chi connectivity index (χ1v) is 10.4. The van der Waals surface area contributed by atoms with Crippen LogP contribution in [-0.4, -0.2) is 61.6 Å². The van der Waals surface area contributed by atoms with Gasteiger partial charge in [-0.05, 0) is 29.6 Å². The van der Waals surface area contributed by atoms with Crippen molar-refractivity contribution in [3.63, 3.8) is 0 Å². The number of primary amides is 1. The Balaban J connectivity index is 1.55. The number of aromatic nitrogens is 5. The smallest absolute Gasteiger partial charge is 0.423 e. The van der Waals surface area contributed by atoms with Gasteiger partial charge in [0.05, 0.1) is 11.1 Å². The number of nitrogens with zero attached hydrogens (tertiary/aromatic N) is 6. The number of benzene rings is 2. The summed E-state index contributed by atoms with van der Waals surface area (Å²) in [5.41, 5.74) is 8.99. The number of hydrogen-bond acceptors (Lipinski definition) is 9. The molecule has 4 aromatic rings. The van der Waals surface area contributed by atoms with Crippen molar-refractivity contribution < 1.29 is 14.8 Å². The molecule has 0 saturated heterocycles. The predicted molar refractivity (Wildman–Crippen MR) is 124 cm³/mol. The number of rotatable bonds is 6. The van der Waals surface area contributed by atoms with Crippen LogP contribution in [0.25, 0.3) is 17.0 Å². The van der Waals surface area contributed by atoms with Gasteiger partial charge in [-0.3, -0.25) is 4.79 Å². The summed E-state index contributed by atoms with van der Waals surface area (Å²) in [6.45, 7) is 1.23. The molecule has 1 aliphatic rings. The zero-order chi connectivity index (χ0) is 23.1. The molecule has 0 atom stereocenters. The molecule has 0 bridgehead atoms. The largest absolute Gasteiger partial charge is 0.488 e. The van der Waals surface area contributed by atoms with Crippen LogP contribution in [0.15, 0.2) is 42.5 Å². The highest BCUT2D eigenvalue weighted by Gasteiger charge is 2.25. The average Bonchev–Trinajstić information content (AvgIpc) is 3.41. The average molecular weight is 444 g/mol. The number of hydrogen-bond donors (Lipinski definition) is 4. The van der Waals surface area contributed by atoms with E-state index >= 15 is 0 Å². The van der Waals surface area contributed by atoms with Crippen molar-refractivity contribution in [2.45, 2.75) is 13.0 Å². The quantitative estimate of drug-likeness (QED) is 0.291. The van der Waals surface area contributed by atoms with Crippen LogP contribution in [0.3, 0.4) is 0 Å². The maximum absolute atomic E-state index is 11.8. The molecular formula is C21H21BN8O3. The van der Waals surface area contributed by atoms with Crippen molar-refractivity contribution in [1.29, 1.82) is 0 Å². The van der Waals surface area contributed by atoms with E-state index in [2.05, 4.69) is 15.6 Å². The van der Waals surface area contributed by atoms with E-state index in [9.17, 15) is 14.8 Å². The second-order valence-electron chi connectivity index (χ2n) is 7.86. The predicted octanol–water partition coefficient (Wildman–Crippen LogP) is -0.406. The van der Waals surface area contributed by atoms with E-state index in [1.807, 2.05) is 18.0 Å². The Bertz CT molecular complexity index is 1370. The van der Waals surface area contributed by atoms with Gasteiger partial charge in [0, 0.05) is 25.7 Å². The zero-order valence-corrected chi connectivity index (χ0v) is 17.8. The molecule has 0 unspecified atom stereocenters. The molecule has 3 heterocycles. The Hall–Kier alpha value is -4.03. The van der Waals surface area contributed by atoms with Crippen molar-refractivity contribution in [1.82, 2.24) is 25.0 Å². The molecule has 0 fully saturated rings. The van der Waals surface area contributed by atoms with Crippen molar-refractivity contribution in [2.75, 3.05) is 23.8 Å². The Labute approximate surface area is 189 Å². The minimum Gasteiger partial charge on any atom is -0.423 e. The minimum absolute atomic E-state index is 0.279. The van der Waals surface area contributed by atoms with Gasteiger partial charge in [0.15, 0.2) is 0 Å². The third kappa shape index (κ3) is 3.75. The second-order valence-corrected chi connectivity index (χ2v) is 7.86. The summed E-state index contributed by atoms with van der Waals surface area (Å²) in [6.07, 6.45) is 0.785. The fourth-order valence-corrected chi connectivity index (χ4v) is 3.97. The van der Waals surface area contributed by atoms with Crippen LogP contribution in [0.5, 0.6) is 0 Å². The number of nitrogens with two attached hydrogens (primary N) is 1. The summed E-state index contributed by atoms with van der Waals surface area (Å²) in [5.74, 6) is 1.18. The minimum atomic E-state index is -1.53. The fraction of sp³-hybridized carbons (Fsp3) is 0.190. The van der Waals surface area contributed by atoms with Crippen molar-refractivity contribution in [2.24, 2.45) is 5.73 Å². The van der Waals surface area contributed by atoms with Crippen LogP contribution in [0.1, 0.15) is 21.5 Å². The first-order valence-electron chi connectivity index (χ1n) is 10.4. The highest BCUT2D eigenvalue weighted by atomic mass is 16.4. The second kappa shape index (κ2) is 8.15. The van der Waals surface area contributed by atoms with E-state index < -0.39 is 13.0 Å². The first-order chi connectivity index (χ1) is 15.9. The maximum Gasteiger partial charge on any atom is 0.488 e. The molecule has 1 aliphatic heterocycles. The van der Waals surface area contributed by atoms with Gasteiger partial charge in [-0.15, -0.1) is 5.10 Å². The van der Waals surface area contributed by atoms with Crippen LogP contribution >= 0.6 is 0 Å². The molecule has 5 N–H and O–H groups in total. The molecule has 166 valence electrons. The lowest BCUT2D eigenvalue weighted by Crippen LogP contribution is -2.30. The third-order valence-corrected chi connectivity index (χ3v) is 5.67. The number of amides is 1. The van der Waals surface area contributed by atoms with Crippen LogP contribution in [0, 0.1) is 0 Å². The topological polar surface area (TPSA) is 155 Å². The number of carbonyl (C=O) groups excluding carboxylic acids is 1. The normalized spacial score (nSPS) is 12.8. The molecule has 0 saturated carbocycles. The molecule has 11 nitrogen and oxygen atoms in total. The van der Waals surface area contributed by atoms with Gasteiger partial charge in [0.2, 0.25) is 0 Å². The molecule has 0 aliphatic carbocycles. The summed E-state index contributed by atoms with van der Waals surface area (Å²) in [5, 5.41) is 30.5. The number of carbonyl (C=O) groups is 1. The van der Waals surface area contributed by atoms with Crippen LogP contribution in [-0.2, 0) is 13.0 Å². The molecule has 0 spiro atoms. The zero-order valence-electron chi connectivity index (χ0n) is 17.8. The Kier molecular flexibility index (Phi) is 5.15. The number of fused-ring (bicyclic) bond motifs is 2. The molecule has 1 amide bonds. The lowest BCUT2D eigenvalue weighted by Gasteiger charge is -2.15. The van der Waals surface area contributed by atoms with E-state index in [1.54, 1.807) is 36.4 Å². The molecular weight excluding hydrogens is 423 g/mol. The van der Waals surface area contributed by atoms with Gasteiger partial charge in [0.25, 0.3) is 11.9 Å². The lowest BCUT2D eigenvalue weighted by molar-refractivity contribution is 0.100. The van der Waals surface area contributed by atoms with Gasteiger partial charge >= 0.3 is 7.12 Å². The monoisotopic (exact) mass is 444 g/mol. The lowest BCUT2D eigenvalue weighted by atomic mass is 9.80. The summed E-state index contributed by atoms with van der Waals surface area (Å²) in [4.78, 5) is 23.2. The Morgan fingerprint density at radius 1 is 1.21 bits per heavy atom. The van der Waals surface area contributed by atoms with E-state index in [4.69, 9.17) is 15.7 Å². The van der Waals surface area contributed by atoms with Gasteiger partial charge < -0.3 is 26.0 Å². The van der Waals surface area contributed by atoms with Gasteiger partial charge in [-0.1, -0.05) is 35.5 Å². The number of anilines is 2. The van der Waals surface area contributed by atoms with Crippen molar-refractivity contribution in [3.8, 4) is 5.95 Å². The molecule has 2 aromatic carbocycles. The van der Waals surface area contributed by atoms with E-state index in [-0.39, 0.29) is 5.56 Å². The summed E-state index contributed by atoms with van der Waals surface area (Å²) < 4.78 is 1.49. The highest BCUT2D eigenvalue weighted by molar-refractivity contribution is 6.58. The Morgan fingerprint density at radius 2 is 2.03 bits per heavy atom. The number of likely N-dealkylation sites (N-methyl/N-ethyl adjacent to an activating group) is 1. The molecule has 33 heavy (non-hydrogen) atoms. The maximum atomic E-state index is 11.8. The Morgan fingerprint density at radius 3 is 2.82 bits per heavy atom. The third-order valence-electron chi connectivity index (χ3n) is 5.67. The van der Waals surface area contributed by atoms with Gasteiger partial charge in [0.1, 0.15) is 17.2 Å². The molecule has 2 aromatic heterocycles. The highest BCUT2D eigenvalue weighted by Crippen LogP contribution is 2.31. The summed E-state index contributed by atoms with van der Waals surface area (Å²) >= 11 is 0. The SMILES string of the molecule is CN1CCc2c(NCc3cccc(B(O)O)c3)nc(-n3nnc4c(C(N)=O)cccc43)nc21. The van der Waals surface area contributed by atoms with Crippen molar-refractivity contribution in [3.05, 3.63) is 59.2 Å².